The quantitative estimate of drug-likeness (QED) is 0.885. The van der Waals surface area contributed by atoms with E-state index in [4.69, 9.17) is 5.73 Å². The topological polar surface area (TPSA) is 51.8 Å². The van der Waals surface area contributed by atoms with E-state index in [9.17, 15) is 0 Å². The van der Waals surface area contributed by atoms with E-state index in [0.29, 0.717) is 6.54 Å². The van der Waals surface area contributed by atoms with Crippen molar-refractivity contribution in [2.45, 2.75) is 15.7 Å². The van der Waals surface area contributed by atoms with Gasteiger partial charge in [0.25, 0.3) is 0 Å². The summed E-state index contributed by atoms with van der Waals surface area (Å²) in [5, 5.41) is 0. The Morgan fingerprint density at radius 1 is 1.33 bits per heavy atom. The Morgan fingerprint density at radius 2 is 2.20 bits per heavy atom. The summed E-state index contributed by atoms with van der Waals surface area (Å²) in [6.07, 6.45) is 2.49. The van der Waals surface area contributed by atoms with E-state index in [1.807, 2.05) is 12.1 Å². The number of hydrogen-bond acceptors (Lipinski definition) is 5. The summed E-state index contributed by atoms with van der Waals surface area (Å²) >= 11 is 3.07. The number of hydrogen-bond donors (Lipinski definition) is 1. The first kappa shape index (κ1) is 10.6. The highest BCUT2D eigenvalue weighted by Crippen LogP contribution is 2.30. The zero-order chi connectivity index (χ0) is 10.5. The molecule has 2 rings (SSSR count). The maximum Gasteiger partial charge on any atom is 0.174 e. The molecular weight excluding hydrogens is 226 g/mol. The average Bonchev–Trinajstić information content (AvgIpc) is 2.74. The third-order valence-electron chi connectivity index (χ3n) is 1.92. The first-order chi connectivity index (χ1) is 7.40. The summed E-state index contributed by atoms with van der Waals surface area (Å²) in [7, 11) is 0. The molecule has 1 heterocycles. The standard InChI is InChI=1S/C10H11N3S2/c11-6-5-8-3-1-2-4-9(8)14-10-12-7-13-15-10/h1-4,7H,5-6,11H2. The molecule has 0 saturated carbocycles. The van der Waals surface area contributed by atoms with Crippen LogP contribution in [-0.4, -0.2) is 15.9 Å². The van der Waals surface area contributed by atoms with Crippen LogP contribution >= 0.6 is 23.3 Å². The zero-order valence-electron chi connectivity index (χ0n) is 8.09. The van der Waals surface area contributed by atoms with E-state index in [0.717, 1.165) is 10.8 Å². The molecule has 0 atom stereocenters. The van der Waals surface area contributed by atoms with Crippen LogP contribution < -0.4 is 5.73 Å². The lowest BCUT2D eigenvalue weighted by Crippen LogP contribution is -2.03. The molecule has 0 aliphatic rings. The molecule has 0 radical (unpaired) electrons. The zero-order valence-corrected chi connectivity index (χ0v) is 9.72. The third-order valence-corrected chi connectivity index (χ3v) is 3.76. The van der Waals surface area contributed by atoms with Crippen LogP contribution in [0.15, 0.2) is 39.8 Å². The molecule has 78 valence electrons. The molecule has 0 amide bonds. The van der Waals surface area contributed by atoms with Crippen molar-refractivity contribution in [2.75, 3.05) is 6.54 Å². The molecule has 0 bridgehead atoms. The van der Waals surface area contributed by atoms with Gasteiger partial charge in [0.05, 0.1) is 0 Å². The molecule has 0 fully saturated rings. The minimum Gasteiger partial charge on any atom is -0.330 e. The van der Waals surface area contributed by atoms with Crippen molar-refractivity contribution >= 4 is 23.3 Å². The van der Waals surface area contributed by atoms with Crippen LogP contribution in [-0.2, 0) is 6.42 Å². The van der Waals surface area contributed by atoms with E-state index in [1.54, 1.807) is 18.1 Å². The molecule has 3 nitrogen and oxygen atoms in total. The van der Waals surface area contributed by atoms with Crippen LogP contribution in [0.2, 0.25) is 0 Å². The number of rotatable bonds is 4. The predicted octanol–water partition coefficient (Wildman–Crippen LogP) is 2.19. The molecule has 1 aromatic carbocycles. The van der Waals surface area contributed by atoms with Crippen LogP contribution in [0.1, 0.15) is 5.56 Å². The number of nitrogens with zero attached hydrogens (tertiary/aromatic N) is 2. The molecule has 0 spiro atoms. The Bertz CT molecular complexity index is 414. The summed E-state index contributed by atoms with van der Waals surface area (Å²) in [5.41, 5.74) is 6.85. The molecule has 2 N–H and O–H groups in total. The van der Waals surface area contributed by atoms with Crippen molar-refractivity contribution in [1.82, 2.24) is 9.36 Å². The maximum absolute atomic E-state index is 5.57. The van der Waals surface area contributed by atoms with Gasteiger partial charge < -0.3 is 5.73 Å². The average molecular weight is 237 g/mol. The lowest BCUT2D eigenvalue weighted by molar-refractivity contribution is 0.944. The van der Waals surface area contributed by atoms with Gasteiger partial charge >= 0.3 is 0 Å². The molecule has 0 saturated heterocycles. The summed E-state index contributed by atoms with van der Waals surface area (Å²) in [6, 6.07) is 8.27. The first-order valence-corrected chi connectivity index (χ1v) is 6.21. The monoisotopic (exact) mass is 237 g/mol. The summed E-state index contributed by atoms with van der Waals surface area (Å²) in [4.78, 5) is 5.37. The smallest absolute Gasteiger partial charge is 0.174 e. The van der Waals surface area contributed by atoms with Gasteiger partial charge in [-0.3, -0.25) is 0 Å². The third kappa shape index (κ3) is 2.77. The highest BCUT2D eigenvalue weighted by Gasteiger charge is 2.05. The number of nitrogens with two attached hydrogens (primary N) is 1. The van der Waals surface area contributed by atoms with Crippen LogP contribution in [0.5, 0.6) is 0 Å². The van der Waals surface area contributed by atoms with Crippen molar-refractivity contribution < 1.29 is 0 Å². The van der Waals surface area contributed by atoms with Crippen LogP contribution in [0, 0.1) is 0 Å². The van der Waals surface area contributed by atoms with Gasteiger partial charge in [-0.05, 0) is 36.1 Å². The van der Waals surface area contributed by atoms with Crippen molar-refractivity contribution in [3.8, 4) is 0 Å². The summed E-state index contributed by atoms with van der Waals surface area (Å²) in [5.74, 6) is 0. The second-order valence-electron chi connectivity index (χ2n) is 2.96. The van der Waals surface area contributed by atoms with Gasteiger partial charge in [-0.25, -0.2) is 4.98 Å². The highest BCUT2D eigenvalue weighted by atomic mass is 32.2. The first-order valence-electron chi connectivity index (χ1n) is 4.62. The van der Waals surface area contributed by atoms with Crippen LogP contribution in [0.3, 0.4) is 0 Å². The highest BCUT2D eigenvalue weighted by molar-refractivity contribution is 8.01. The van der Waals surface area contributed by atoms with Crippen molar-refractivity contribution in [2.24, 2.45) is 5.73 Å². The van der Waals surface area contributed by atoms with Crippen molar-refractivity contribution in [3.05, 3.63) is 36.2 Å². The van der Waals surface area contributed by atoms with Crippen molar-refractivity contribution in [3.63, 3.8) is 0 Å². The van der Waals surface area contributed by atoms with E-state index >= 15 is 0 Å². The minimum absolute atomic E-state index is 0.674. The molecular formula is C10H11N3S2. The van der Waals surface area contributed by atoms with E-state index in [-0.39, 0.29) is 0 Å². The van der Waals surface area contributed by atoms with E-state index < -0.39 is 0 Å². The minimum atomic E-state index is 0.674. The Kier molecular flexibility index (Phi) is 3.71. The lowest BCUT2D eigenvalue weighted by atomic mass is 10.1. The van der Waals surface area contributed by atoms with Crippen LogP contribution in [0.25, 0.3) is 0 Å². The fourth-order valence-corrected chi connectivity index (χ4v) is 2.83. The largest absolute Gasteiger partial charge is 0.330 e. The Labute approximate surface area is 96.9 Å². The molecule has 1 aromatic heterocycles. The number of aromatic nitrogens is 2. The van der Waals surface area contributed by atoms with Crippen LogP contribution in [0.4, 0.5) is 0 Å². The van der Waals surface area contributed by atoms with E-state index in [2.05, 4.69) is 21.5 Å². The van der Waals surface area contributed by atoms with Gasteiger partial charge in [-0.15, -0.1) is 0 Å². The molecule has 5 heteroatoms. The predicted molar refractivity (Wildman–Crippen MR) is 63.2 cm³/mol. The molecule has 0 aliphatic carbocycles. The van der Waals surface area contributed by atoms with E-state index in [1.165, 1.54) is 22.0 Å². The maximum atomic E-state index is 5.57. The Hall–Kier alpha value is -0.910. The fraction of sp³-hybridized carbons (Fsp3) is 0.200. The molecule has 2 aromatic rings. The molecule has 0 aliphatic heterocycles. The lowest BCUT2D eigenvalue weighted by Gasteiger charge is -2.05. The fourth-order valence-electron chi connectivity index (χ4n) is 1.27. The van der Waals surface area contributed by atoms with Gasteiger partial charge in [-0.1, -0.05) is 30.0 Å². The summed E-state index contributed by atoms with van der Waals surface area (Å²) in [6.45, 7) is 0.674. The van der Waals surface area contributed by atoms with Gasteiger partial charge in [0.1, 0.15) is 6.33 Å². The second-order valence-corrected chi connectivity index (χ2v) is 5.02. The SMILES string of the molecule is NCCc1ccccc1Sc1ncns1. The number of benzene rings is 1. The molecule has 0 unspecified atom stereocenters. The summed E-state index contributed by atoms with van der Waals surface area (Å²) < 4.78 is 4.95. The van der Waals surface area contributed by atoms with Gasteiger partial charge in [0.2, 0.25) is 0 Å². The Balaban J connectivity index is 2.20. The normalized spacial score (nSPS) is 10.5. The van der Waals surface area contributed by atoms with Gasteiger partial charge in [-0.2, -0.15) is 4.37 Å². The molecule has 15 heavy (non-hydrogen) atoms. The van der Waals surface area contributed by atoms with Gasteiger partial charge in [0.15, 0.2) is 4.34 Å². The van der Waals surface area contributed by atoms with Gasteiger partial charge in [0, 0.05) is 4.90 Å². The van der Waals surface area contributed by atoms with Crippen molar-refractivity contribution in [1.29, 1.82) is 0 Å². The Morgan fingerprint density at radius 3 is 2.93 bits per heavy atom. The second kappa shape index (κ2) is 5.25.